The highest BCUT2D eigenvalue weighted by Crippen LogP contribution is 2.19. The maximum Gasteiger partial charge on any atom is 0.137 e. The summed E-state index contributed by atoms with van der Waals surface area (Å²) in [5.41, 5.74) is 2.33. The summed E-state index contributed by atoms with van der Waals surface area (Å²) in [5, 5.41) is 0. The van der Waals surface area contributed by atoms with Gasteiger partial charge in [-0.25, -0.2) is 4.98 Å². The van der Waals surface area contributed by atoms with Crippen molar-refractivity contribution in [2.75, 3.05) is 0 Å². The maximum absolute atomic E-state index is 4.40. The lowest BCUT2D eigenvalue weighted by Gasteiger charge is -2.00. The van der Waals surface area contributed by atoms with Crippen molar-refractivity contribution in [1.82, 2.24) is 9.97 Å². The molecule has 1 N–H and O–H groups in total. The van der Waals surface area contributed by atoms with Gasteiger partial charge in [-0.05, 0) is 24.5 Å². The Morgan fingerprint density at radius 3 is 2.56 bits per heavy atom. The van der Waals surface area contributed by atoms with Gasteiger partial charge < -0.3 is 4.98 Å². The number of imidazole rings is 1. The molecule has 0 radical (unpaired) electrons. The third kappa shape index (κ3) is 2.73. The molecule has 1 aromatic carbocycles. The van der Waals surface area contributed by atoms with E-state index in [9.17, 15) is 0 Å². The van der Waals surface area contributed by atoms with E-state index in [1.807, 2.05) is 18.3 Å². The topological polar surface area (TPSA) is 28.7 Å². The van der Waals surface area contributed by atoms with Gasteiger partial charge >= 0.3 is 0 Å². The normalized spacial score (nSPS) is 11.0. The van der Waals surface area contributed by atoms with Gasteiger partial charge in [-0.15, -0.1) is 0 Å². The van der Waals surface area contributed by atoms with Crippen molar-refractivity contribution >= 4 is 15.9 Å². The maximum atomic E-state index is 4.40. The van der Waals surface area contributed by atoms with E-state index in [4.69, 9.17) is 0 Å². The summed E-state index contributed by atoms with van der Waals surface area (Å²) in [6.07, 6.45) is 2.97. The first-order valence-corrected chi connectivity index (χ1v) is 6.24. The fourth-order valence-electron chi connectivity index (χ4n) is 1.66. The first kappa shape index (κ1) is 11.4. The van der Waals surface area contributed by atoms with Gasteiger partial charge in [0.25, 0.3) is 0 Å². The molecule has 0 fully saturated rings. The van der Waals surface area contributed by atoms with Gasteiger partial charge in [-0.1, -0.05) is 41.9 Å². The zero-order valence-corrected chi connectivity index (χ0v) is 11.1. The molecular formula is C13H15BrN2. The fraction of sp³-hybridized carbons (Fsp3) is 0.308. The minimum atomic E-state index is 0.651. The summed E-state index contributed by atoms with van der Waals surface area (Å²) in [6, 6.07) is 8.17. The predicted octanol–water partition coefficient (Wildman–Crippen LogP) is 4.04. The number of hydrogen-bond acceptors (Lipinski definition) is 1. The molecule has 2 nitrogen and oxygen atoms in total. The third-order valence-electron chi connectivity index (χ3n) is 2.37. The SMILES string of the molecule is CC(C)Cc1cnc(-c2ccc(Br)cc2)[nH]1. The lowest BCUT2D eigenvalue weighted by molar-refractivity contribution is 0.638. The van der Waals surface area contributed by atoms with Crippen molar-refractivity contribution < 1.29 is 0 Å². The van der Waals surface area contributed by atoms with E-state index in [1.165, 1.54) is 5.69 Å². The summed E-state index contributed by atoms with van der Waals surface area (Å²) in [5.74, 6) is 1.60. The molecule has 1 heterocycles. The largest absolute Gasteiger partial charge is 0.342 e. The minimum absolute atomic E-state index is 0.651. The Hall–Kier alpha value is -1.09. The van der Waals surface area contributed by atoms with Crippen LogP contribution in [0.15, 0.2) is 34.9 Å². The molecular weight excluding hydrogens is 264 g/mol. The molecule has 0 aliphatic rings. The molecule has 0 saturated carbocycles. The number of H-pyrrole nitrogens is 1. The van der Waals surface area contributed by atoms with Gasteiger partial charge in [0.1, 0.15) is 5.82 Å². The average Bonchev–Trinajstić information content (AvgIpc) is 2.66. The molecule has 0 bridgehead atoms. The highest BCUT2D eigenvalue weighted by Gasteiger charge is 2.04. The Kier molecular flexibility index (Phi) is 3.44. The van der Waals surface area contributed by atoms with E-state index in [-0.39, 0.29) is 0 Å². The Bertz CT molecular complexity index is 457. The Labute approximate surface area is 104 Å². The molecule has 3 heteroatoms. The average molecular weight is 279 g/mol. The highest BCUT2D eigenvalue weighted by molar-refractivity contribution is 9.10. The van der Waals surface area contributed by atoms with Crippen LogP contribution >= 0.6 is 15.9 Å². The lowest BCUT2D eigenvalue weighted by atomic mass is 10.1. The molecule has 0 saturated heterocycles. The molecule has 0 spiro atoms. The number of nitrogens with zero attached hydrogens (tertiary/aromatic N) is 1. The zero-order valence-electron chi connectivity index (χ0n) is 9.50. The van der Waals surface area contributed by atoms with Crippen LogP contribution < -0.4 is 0 Å². The van der Waals surface area contributed by atoms with Crippen LogP contribution in [0.4, 0.5) is 0 Å². The molecule has 16 heavy (non-hydrogen) atoms. The Balaban J connectivity index is 2.21. The first-order valence-electron chi connectivity index (χ1n) is 5.45. The number of halogens is 1. The summed E-state index contributed by atoms with van der Waals surface area (Å²) in [7, 11) is 0. The van der Waals surface area contributed by atoms with E-state index in [0.29, 0.717) is 5.92 Å². The predicted molar refractivity (Wildman–Crippen MR) is 70.3 cm³/mol. The van der Waals surface area contributed by atoms with Crippen LogP contribution in [0.2, 0.25) is 0 Å². The molecule has 2 aromatic rings. The molecule has 0 atom stereocenters. The molecule has 0 amide bonds. The van der Waals surface area contributed by atoms with Gasteiger partial charge in [-0.2, -0.15) is 0 Å². The van der Waals surface area contributed by atoms with Crippen LogP contribution in [0.1, 0.15) is 19.5 Å². The molecule has 1 aromatic heterocycles. The second-order valence-electron chi connectivity index (χ2n) is 4.36. The Morgan fingerprint density at radius 2 is 1.94 bits per heavy atom. The van der Waals surface area contributed by atoms with Gasteiger partial charge in [0.15, 0.2) is 0 Å². The second kappa shape index (κ2) is 4.83. The fourth-order valence-corrected chi connectivity index (χ4v) is 1.92. The van der Waals surface area contributed by atoms with E-state index in [2.05, 4.69) is 51.9 Å². The van der Waals surface area contributed by atoms with Crippen LogP contribution in [-0.2, 0) is 6.42 Å². The van der Waals surface area contributed by atoms with Crippen molar-refractivity contribution in [3.63, 3.8) is 0 Å². The molecule has 2 rings (SSSR count). The van der Waals surface area contributed by atoms with Crippen LogP contribution in [0.3, 0.4) is 0 Å². The number of rotatable bonds is 3. The molecule has 0 unspecified atom stereocenters. The van der Waals surface area contributed by atoms with Crippen molar-refractivity contribution in [2.24, 2.45) is 5.92 Å². The standard InChI is InChI=1S/C13H15BrN2/c1-9(2)7-12-8-15-13(16-12)10-3-5-11(14)6-4-10/h3-6,8-9H,7H2,1-2H3,(H,15,16). The van der Waals surface area contributed by atoms with Crippen LogP contribution in [0.5, 0.6) is 0 Å². The minimum Gasteiger partial charge on any atom is -0.342 e. The monoisotopic (exact) mass is 278 g/mol. The van der Waals surface area contributed by atoms with Gasteiger partial charge in [-0.3, -0.25) is 0 Å². The van der Waals surface area contributed by atoms with Crippen LogP contribution in [0.25, 0.3) is 11.4 Å². The highest BCUT2D eigenvalue weighted by atomic mass is 79.9. The number of hydrogen-bond donors (Lipinski definition) is 1. The van der Waals surface area contributed by atoms with Crippen molar-refractivity contribution in [3.05, 3.63) is 40.6 Å². The smallest absolute Gasteiger partial charge is 0.137 e. The van der Waals surface area contributed by atoms with E-state index >= 15 is 0 Å². The summed E-state index contributed by atoms with van der Waals surface area (Å²) >= 11 is 3.43. The first-order chi connectivity index (χ1) is 7.65. The third-order valence-corrected chi connectivity index (χ3v) is 2.90. The summed E-state index contributed by atoms with van der Waals surface area (Å²) in [6.45, 7) is 4.42. The Morgan fingerprint density at radius 1 is 1.25 bits per heavy atom. The van der Waals surface area contributed by atoms with E-state index < -0.39 is 0 Å². The number of nitrogens with one attached hydrogen (secondary N) is 1. The van der Waals surface area contributed by atoms with Gasteiger partial charge in [0, 0.05) is 21.9 Å². The summed E-state index contributed by atoms with van der Waals surface area (Å²) < 4.78 is 1.09. The quantitative estimate of drug-likeness (QED) is 0.902. The number of aromatic amines is 1. The molecule has 84 valence electrons. The van der Waals surface area contributed by atoms with Crippen LogP contribution in [0, 0.1) is 5.92 Å². The molecule has 0 aliphatic heterocycles. The van der Waals surface area contributed by atoms with Gasteiger partial charge in [0.05, 0.1) is 0 Å². The van der Waals surface area contributed by atoms with Crippen LogP contribution in [-0.4, -0.2) is 9.97 Å². The zero-order chi connectivity index (χ0) is 11.5. The van der Waals surface area contributed by atoms with Crippen molar-refractivity contribution in [2.45, 2.75) is 20.3 Å². The lowest BCUT2D eigenvalue weighted by Crippen LogP contribution is -1.93. The van der Waals surface area contributed by atoms with Crippen molar-refractivity contribution in [1.29, 1.82) is 0 Å². The number of aromatic nitrogens is 2. The van der Waals surface area contributed by atoms with E-state index in [1.54, 1.807) is 0 Å². The van der Waals surface area contributed by atoms with Gasteiger partial charge in [0.2, 0.25) is 0 Å². The number of benzene rings is 1. The van der Waals surface area contributed by atoms with E-state index in [0.717, 1.165) is 22.3 Å². The summed E-state index contributed by atoms with van der Waals surface area (Å²) in [4.78, 5) is 7.75. The van der Waals surface area contributed by atoms with Crippen molar-refractivity contribution in [3.8, 4) is 11.4 Å². The second-order valence-corrected chi connectivity index (χ2v) is 5.28. The molecule has 0 aliphatic carbocycles.